The zero-order valence-corrected chi connectivity index (χ0v) is 28.0. The summed E-state index contributed by atoms with van der Waals surface area (Å²) in [4.78, 5) is 64.2. The van der Waals surface area contributed by atoms with Crippen molar-refractivity contribution in [1.29, 1.82) is 0 Å². The molecule has 1 saturated heterocycles. The predicted molar refractivity (Wildman–Crippen MR) is 181 cm³/mol. The van der Waals surface area contributed by atoms with Gasteiger partial charge in [-0.2, -0.15) is 4.89 Å². The predicted octanol–water partition coefficient (Wildman–Crippen LogP) is 5.55. The molecule has 1 aromatic heterocycles. The Morgan fingerprint density at radius 2 is 1.76 bits per heavy atom. The molecule has 3 aliphatic rings. The summed E-state index contributed by atoms with van der Waals surface area (Å²) in [6.07, 6.45) is 9.82. The molecule has 10 heteroatoms. The number of β-lactam (4-membered cyclic amide) rings is 1. The van der Waals surface area contributed by atoms with Gasteiger partial charge in [-0.05, 0) is 54.2 Å². The lowest BCUT2D eigenvalue weighted by atomic mass is 9.74. The number of hydrogen-bond donors (Lipinski definition) is 0. The Hall–Kier alpha value is -5.22. The Kier molecular flexibility index (Phi) is 9.69. The first-order valence-corrected chi connectivity index (χ1v) is 16.5. The van der Waals surface area contributed by atoms with Crippen molar-refractivity contribution in [2.45, 2.75) is 39.2 Å². The van der Waals surface area contributed by atoms with Gasteiger partial charge in [-0.25, -0.2) is 9.59 Å². The lowest BCUT2D eigenvalue weighted by Crippen LogP contribution is -2.63. The number of carbonyl (C=O) groups excluding carboxylic acids is 4. The molecule has 0 N–H and O–H groups in total. The van der Waals surface area contributed by atoms with Gasteiger partial charge < -0.3 is 18.9 Å². The monoisotopic (exact) mass is 664 g/mol. The van der Waals surface area contributed by atoms with Gasteiger partial charge in [-0.1, -0.05) is 56.8 Å². The minimum Gasteiger partial charge on any atom is -0.488 e. The SMILES string of the molecule is C=CCOOC(=O)C(C)C1C(=O)N2C(C(=O)OCC=C)=C(COc3cccc4c3-c3ccc(CCCc5ccn(C)c5)cc3C4=O)[C@H](C)C12. The number of fused-ring (bicyclic) bond motifs is 4. The molecule has 254 valence electrons. The van der Waals surface area contributed by atoms with E-state index < -0.39 is 29.8 Å². The summed E-state index contributed by atoms with van der Waals surface area (Å²) in [7, 11) is 2.01. The summed E-state index contributed by atoms with van der Waals surface area (Å²) in [6, 6.07) is 13.0. The first kappa shape index (κ1) is 33.7. The maximum absolute atomic E-state index is 13.6. The molecule has 49 heavy (non-hydrogen) atoms. The van der Waals surface area contributed by atoms with Gasteiger partial charge in [0, 0.05) is 47.6 Å². The maximum atomic E-state index is 13.6. The zero-order chi connectivity index (χ0) is 34.8. The highest BCUT2D eigenvalue weighted by atomic mass is 17.2. The normalized spacial score (nSPS) is 19.5. The second kappa shape index (κ2) is 14.1. The number of amides is 1. The van der Waals surface area contributed by atoms with Gasteiger partial charge in [0.05, 0.1) is 17.9 Å². The van der Waals surface area contributed by atoms with Gasteiger partial charge in [-0.3, -0.25) is 14.5 Å². The Morgan fingerprint density at radius 1 is 0.980 bits per heavy atom. The van der Waals surface area contributed by atoms with E-state index in [0.29, 0.717) is 28.0 Å². The first-order valence-electron chi connectivity index (χ1n) is 16.5. The fourth-order valence-electron chi connectivity index (χ4n) is 7.18. The zero-order valence-electron chi connectivity index (χ0n) is 28.0. The second-order valence-electron chi connectivity index (χ2n) is 12.8. The number of ether oxygens (including phenoxy) is 2. The smallest absolute Gasteiger partial charge is 0.355 e. The largest absolute Gasteiger partial charge is 0.488 e. The van der Waals surface area contributed by atoms with Gasteiger partial charge in [-0.15, -0.1) is 6.58 Å². The van der Waals surface area contributed by atoms with Crippen LogP contribution in [0.5, 0.6) is 5.75 Å². The van der Waals surface area contributed by atoms with Gasteiger partial charge >= 0.3 is 11.9 Å². The molecule has 3 heterocycles. The lowest BCUT2D eigenvalue weighted by Gasteiger charge is -2.47. The number of nitrogens with zero attached hydrogens (tertiary/aromatic N) is 2. The van der Waals surface area contributed by atoms with E-state index in [1.165, 1.54) is 22.6 Å². The number of benzene rings is 2. The van der Waals surface area contributed by atoms with Crippen LogP contribution in [0, 0.1) is 17.8 Å². The lowest BCUT2D eigenvalue weighted by molar-refractivity contribution is -0.271. The maximum Gasteiger partial charge on any atom is 0.355 e. The molecule has 2 aliphatic heterocycles. The van der Waals surface area contributed by atoms with Gasteiger partial charge in [0.15, 0.2) is 5.78 Å². The van der Waals surface area contributed by atoms with Crippen molar-refractivity contribution in [3.63, 3.8) is 0 Å². The van der Waals surface area contributed by atoms with E-state index in [4.69, 9.17) is 19.2 Å². The van der Waals surface area contributed by atoms with Gasteiger partial charge in [0.1, 0.15) is 31.3 Å². The topological polar surface area (TPSA) is 113 Å². The number of ketones is 1. The summed E-state index contributed by atoms with van der Waals surface area (Å²) in [5, 5.41) is 0. The molecule has 1 fully saturated rings. The second-order valence-corrected chi connectivity index (χ2v) is 12.8. The molecule has 0 radical (unpaired) electrons. The van der Waals surface area contributed by atoms with Crippen LogP contribution < -0.4 is 4.74 Å². The van der Waals surface area contributed by atoms with Crippen LogP contribution >= 0.6 is 0 Å². The Balaban J connectivity index is 1.22. The third kappa shape index (κ3) is 6.24. The molecular formula is C39H40N2O8. The summed E-state index contributed by atoms with van der Waals surface area (Å²) < 4.78 is 13.8. The Morgan fingerprint density at radius 3 is 2.49 bits per heavy atom. The molecule has 1 aliphatic carbocycles. The van der Waals surface area contributed by atoms with Crippen molar-refractivity contribution in [3.05, 3.63) is 114 Å². The van der Waals surface area contributed by atoms with Crippen molar-refractivity contribution in [1.82, 2.24) is 9.47 Å². The molecule has 0 spiro atoms. The molecule has 3 unspecified atom stereocenters. The van der Waals surface area contributed by atoms with E-state index in [9.17, 15) is 19.2 Å². The summed E-state index contributed by atoms with van der Waals surface area (Å²) in [6.45, 7) is 10.6. The third-order valence-electron chi connectivity index (χ3n) is 9.63. The van der Waals surface area contributed by atoms with E-state index >= 15 is 0 Å². The van der Waals surface area contributed by atoms with Crippen molar-refractivity contribution in [2.75, 3.05) is 19.8 Å². The van der Waals surface area contributed by atoms with Crippen LogP contribution in [0.25, 0.3) is 11.1 Å². The standard InChI is InChI=1S/C39H40N2O8/c1-6-18-46-39(45)35-30(23(3)34-32(37(43)41(34)35)24(4)38(44)49-48-19-7-2)22-47-31-13-9-12-28-33(31)27-15-14-25(20-29(27)36(28)42)10-8-11-26-16-17-40(5)21-26/h6-7,9,12-17,20-21,23-24,32,34H,1-2,8,10-11,18-19,22H2,3-5H3/t23-,24?,32?,34?/m0/s1. The molecular weight excluding hydrogens is 624 g/mol. The number of esters is 1. The van der Waals surface area contributed by atoms with Crippen LogP contribution in [0.3, 0.4) is 0 Å². The summed E-state index contributed by atoms with van der Waals surface area (Å²) in [5.41, 5.74) is 5.75. The number of hydrogen-bond acceptors (Lipinski definition) is 8. The van der Waals surface area contributed by atoms with Crippen LogP contribution in [0.4, 0.5) is 0 Å². The van der Waals surface area contributed by atoms with Crippen molar-refractivity contribution < 1.29 is 38.4 Å². The summed E-state index contributed by atoms with van der Waals surface area (Å²) >= 11 is 0. The average molecular weight is 665 g/mol. The number of carbonyl (C=O) groups is 4. The molecule has 1 amide bonds. The minimum atomic E-state index is -0.824. The first-order chi connectivity index (χ1) is 23.7. The quantitative estimate of drug-likeness (QED) is 0.0406. The van der Waals surface area contributed by atoms with E-state index in [1.807, 2.05) is 36.9 Å². The van der Waals surface area contributed by atoms with Crippen molar-refractivity contribution >= 4 is 23.6 Å². The van der Waals surface area contributed by atoms with Crippen LogP contribution in [-0.2, 0) is 48.8 Å². The van der Waals surface area contributed by atoms with Gasteiger partial charge in [0.25, 0.3) is 0 Å². The van der Waals surface area contributed by atoms with Crippen LogP contribution in [0.1, 0.15) is 47.3 Å². The fraction of sp³-hybridized carbons (Fsp3) is 0.333. The Labute approximate surface area is 285 Å². The van der Waals surface area contributed by atoms with E-state index in [2.05, 4.69) is 31.5 Å². The third-order valence-corrected chi connectivity index (χ3v) is 9.63. The molecule has 4 atom stereocenters. The fourth-order valence-corrected chi connectivity index (χ4v) is 7.18. The molecule has 2 aromatic carbocycles. The van der Waals surface area contributed by atoms with E-state index in [1.54, 1.807) is 25.1 Å². The highest BCUT2D eigenvalue weighted by molar-refractivity contribution is 6.22. The number of aromatic nitrogens is 1. The van der Waals surface area contributed by atoms with Crippen LogP contribution in [-0.4, -0.2) is 59.0 Å². The molecule has 10 nitrogen and oxygen atoms in total. The van der Waals surface area contributed by atoms with Crippen molar-refractivity contribution in [3.8, 4) is 16.9 Å². The van der Waals surface area contributed by atoms with Crippen LogP contribution in [0.15, 0.2) is 91.4 Å². The van der Waals surface area contributed by atoms with Crippen LogP contribution in [0.2, 0.25) is 0 Å². The van der Waals surface area contributed by atoms with E-state index in [0.717, 1.165) is 30.4 Å². The number of aryl methyl sites for hydroxylation is 3. The van der Waals surface area contributed by atoms with Crippen molar-refractivity contribution in [2.24, 2.45) is 24.8 Å². The molecule has 0 bridgehead atoms. The average Bonchev–Trinajstić information content (AvgIpc) is 3.72. The highest BCUT2D eigenvalue weighted by Crippen LogP contribution is 2.50. The summed E-state index contributed by atoms with van der Waals surface area (Å²) in [5.74, 6) is -3.21. The Bertz CT molecular complexity index is 1870. The molecule has 0 saturated carbocycles. The highest BCUT2D eigenvalue weighted by Gasteiger charge is 2.61. The number of rotatable bonds is 15. The minimum absolute atomic E-state index is 0.0144. The molecule has 6 rings (SSSR count). The van der Waals surface area contributed by atoms with Gasteiger partial charge in [0.2, 0.25) is 5.91 Å². The molecule has 3 aromatic rings. The van der Waals surface area contributed by atoms with E-state index in [-0.39, 0.29) is 43.1 Å².